The molecule has 4 unspecified atom stereocenters. The van der Waals surface area contributed by atoms with E-state index in [0.717, 1.165) is 81.4 Å². The number of unbranched alkanes of at least 4 members (excludes halogenated alkanes) is 12. The molecule has 9 atom stereocenters. The molecule has 1 aromatic rings. The van der Waals surface area contributed by atoms with E-state index in [1.54, 1.807) is 0 Å². The Morgan fingerprint density at radius 1 is 0.825 bits per heavy atom. The summed E-state index contributed by atoms with van der Waals surface area (Å²) < 4.78 is 62.3. The second-order valence-electron chi connectivity index (χ2n) is 16.8. The van der Waals surface area contributed by atoms with E-state index in [-0.39, 0.29) is 18.7 Å². The van der Waals surface area contributed by atoms with Crippen LogP contribution in [0, 0.1) is 5.92 Å². The number of aromatic nitrogens is 2. The molecule has 1 aromatic heterocycles. The molecule has 0 saturated carbocycles. The van der Waals surface area contributed by atoms with Crippen molar-refractivity contribution in [3.63, 3.8) is 0 Å². The Bertz CT molecular complexity index is 1680. The average molecular weight is 938 g/mol. The summed E-state index contributed by atoms with van der Waals surface area (Å²) in [5.41, 5.74) is 4.57. The van der Waals surface area contributed by atoms with E-state index in [9.17, 15) is 43.5 Å². The molecular weight excluding hydrogens is 864 g/mol. The van der Waals surface area contributed by atoms with Gasteiger partial charge < -0.3 is 44.7 Å². The number of anilines is 1. The summed E-state index contributed by atoms with van der Waals surface area (Å²) >= 11 is 0. The molecule has 0 aliphatic carbocycles. The first-order chi connectivity index (χ1) is 30.0. The number of esters is 2. The van der Waals surface area contributed by atoms with Crippen LogP contribution in [0.2, 0.25) is 0 Å². The van der Waals surface area contributed by atoms with Crippen LogP contribution in [-0.4, -0.2) is 97.9 Å². The van der Waals surface area contributed by atoms with Crippen molar-refractivity contribution in [2.24, 2.45) is 5.92 Å². The molecule has 2 fully saturated rings. The van der Waals surface area contributed by atoms with Crippen molar-refractivity contribution in [1.82, 2.24) is 9.55 Å². The quantitative estimate of drug-likeness (QED) is 0.0151. The van der Waals surface area contributed by atoms with Crippen molar-refractivity contribution in [2.75, 3.05) is 25.6 Å². The smallest absolute Gasteiger partial charge is 0.462 e. The number of nitrogen functional groups attached to an aromatic ring is 1. The number of hydrogen-bond donors (Lipinski definition) is 5. The topological polar surface area (TPSA) is 278 Å². The second-order valence-corrected chi connectivity index (χ2v) is 19.8. The van der Waals surface area contributed by atoms with Crippen molar-refractivity contribution in [2.45, 2.75) is 192 Å². The monoisotopic (exact) mass is 937 g/mol. The molecule has 63 heavy (non-hydrogen) atoms. The minimum Gasteiger partial charge on any atom is -0.462 e. The molecule has 6 N–H and O–H groups in total. The minimum absolute atomic E-state index is 0.0289. The number of phosphoric ester groups is 2. The van der Waals surface area contributed by atoms with E-state index in [0.29, 0.717) is 31.0 Å². The molecule has 3 rings (SSSR count). The number of rotatable bonds is 35. The van der Waals surface area contributed by atoms with E-state index < -0.39 is 83.7 Å². The Morgan fingerprint density at radius 2 is 1.48 bits per heavy atom. The van der Waals surface area contributed by atoms with Gasteiger partial charge in [-0.15, -0.1) is 0 Å². The zero-order valence-corrected chi connectivity index (χ0v) is 39.0. The molecule has 19 nitrogen and oxygen atoms in total. The number of nitrogens with two attached hydrogens (primary N) is 1. The normalized spacial score (nSPS) is 23.4. The van der Waals surface area contributed by atoms with Gasteiger partial charge in [0.25, 0.3) is 0 Å². The number of carbonyl (C=O) groups excluding carboxylic acids is 2. The Kier molecular flexibility index (Phi) is 25.4. The zero-order valence-electron chi connectivity index (χ0n) is 37.2. The highest BCUT2D eigenvalue weighted by molar-refractivity contribution is 7.61. The van der Waals surface area contributed by atoms with Gasteiger partial charge in [0.2, 0.25) is 0 Å². The fraction of sp³-hybridized carbons (Fsp3) is 0.810. The lowest BCUT2D eigenvalue weighted by Gasteiger charge is -2.21. The van der Waals surface area contributed by atoms with Crippen LogP contribution in [0.25, 0.3) is 0 Å². The lowest BCUT2D eigenvalue weighted by atomic mass is 10.0. The standard InChI is InChI=1S/C42H73N3O16P2/c1-4-5-6-7-12-17-22-33-34(59-33)23-18-13-10-15-20-25-38(47)58-32(28-55-37(46)24-19-14-9-8-11-16-21-31(2)3)29-56-62(51,52)61-63(53,54)57-30-35-39(48)40(49)41(60-35)45-27-26-36(43)44-42(45)50/h12,17,26-27,31-35,39-41,48-49H,4-11,13-16,18-25,28-30H2,1-3H3,(H,51,52)(H,53,54)(H2,43,44,50)/b17-12-/t32-,33?,34?,35-,39-,40-,41-/m1/s1. The highest BCUT2D eigenvalue weighted by atomic mass is 31.3. The second kappa shape index (κ2) is 29.2. The van der Waals surface area contributed by atoms with Crippen molar-refractivity contribution in [3.05, 3.63) is 34.9 Å². The third-order valence-electron chi connectivity index (χ3n) is 10.7. The number of aliphatic hydroxyl groups is 2. The SMILES string of the molecule is CCCCC/C=C\CC1OC1CCCCCCCC(=O)O[C@H](COC(=O)CCCCCCCCC(C)C)COP(=O)(O)OP(=O)(O)OC[C@H]1O[C@@H](n2ccc(N)nc2=O)[C@H](O)[C@@H]1O. The lowest BCUT2D eigenvalue weighted by Crippen LogP contribution is -2.36. The van der Waals surface area contributed by atoms with Crippen molar-refractivity contribution < 1.29 is 71.0 Å². The van der Waals surface area contributed by atoms with Gasteiger partial charge in [-0.05, 0) is 50.5 Å². The summed E-state index contributed by atoms with van der Waals surface area (Å²) in [5.74, 6) is -0.652. The Hall–Kier alpha value is -2.54. The third-order valence-corrected chi connectivity index (χ3v) is 13.3. The molecule has 362 valence electrons. The number of phosphoric acid groups is 2. The van der Waals surface area contributed by atoms with Gasteiger partial charge in [-0.1, -0.05) is 110 Å². The summed E-state index contributed by atoms with van der Waals surface area (Å²) in [5, 5.41) is 20.8. The van der Waals surface area contributed by atoms with Crippen molar-refractivity contribution in [3.8, 4) is 0 Å². The maximum absolute atomic E-state index is 12.8. The zero-order chi connectivity index (χ0) is 46.3. The van der Waals surface area contributed by atoms with E-state index >= 15 is 0 Å². The van der Waals surface area contributed by atoms with Crippen LogP contribution in [-0.2, 0) is 51.0 Å². The van der Waals surface area contributed by atoms with Crippen LogP contribution in [0.3, 0.4) is 0 Å². The number of aliphatic hydroxyl groups excluding tert-OH is 2. The predicted octanol–water partition coefficient (Wildman–Crippen LogP) is 6.95. The molecule has 0 spiro atoms. The number of epoxide rings is 1. The lowest BCUT2D eigenvalue weighted by molar-refractivity contribution is -0.161. The number of ether oxygens (including phenoxy) is 4. The molecule has 2 saturated heterocycles. The molecule has 2 aliphatic heterocycles. The van der Waals surface area contributed by atoms with Gasteiger partial charge in [-0.25, -0.2) is 13.9 Å². The van der Waals surface area contributed by atoms with Crippen molar-refractivity contribution >= 4 is 33.4 Å². The Balaban J connectivity index is 1.43. The summed E-state index contributed by atoms with van der Waals surface area (Å²) in [7, 11) is -10.8. The van der Waals surface area contributed by atoms with Gasteiger partial charge in [0.05, 0.1) is 25.4 Å². The highest BCUT2D eigenvalue weighted by Gasteiger charge is 2.46. The third kappa shape index (κ3) is 23.0. The fourth-order valence-corrected chi connectivity index (χ4v) is 9.14. The largest absolute Gasteiger partial charge is 0.481 e. The molecule has 2 aliphatic rings. The molecule has 0 bridgehead atoms. The van der Waals surface area contributed by atoms with Crippen LogP contribution in [0.15, 0.2) is 29.2 Å². The first kappa shape index (κ1) is 54.8. The summed E-state index contributed by atoms with van der Waals surface area (Å²) in [6.45, 7) is 4.27. The molecule has 3 heterocycles. The molecule has 0 aromatic carbocycles. The maximum atomic E-state index is 12.8. The van der Waals surface area contributed by atoms with Crippen LogP contribution in [0.4, 0.5) is 5.82 Å². The van der Waals surface area contributed by atoms with E-state index in [1.807, 2.05) is 0 Å². The number of carbonyl (C=O) groups is 2. The van der Waals surface area contributed by atoms with Gasteiger partial charge in [-0.2, -0.15) is 9.29 Å². The number of hydrogen-bond acceptors (Lipinski definition) is 16. The minimum atomic E-state index is -5.42. The van der Waals surface area contributed by atoms with Gasteiger partial charge in [0.1, 0.15) is 30.7 Å². The average Bonchev–Trinajstić information content (AvgIpc) is 3.91. The van der Waals surface area contributed by atoms with Gasteiger partial charge in [0, 0.05) is 19.0 Å². The predicted molar refractivity (Wildman–Crippen MR) is 233 cm³/mol. The molecule has 0 amide bonds. The maximum Gasteiger partial charge on any atom is 0.481 e. The van der Waals surface area contributed by atoms with Crippen molar-refractivity contribution in [1.29, 1.82) is 0 Å². The molecular formula is C42H73N3O16P2. The van der Waals surface area contributed by atoms with Crippen LogP contribution >= 0.6 is 15.6 Å². The molecule has 21 heteroatoms. The summed E-state index contributed by atoms with van der Waals surface area (Å²) in [6.07, 6.45) is 16.6. The fourth-order valence-electron chi connectivity index (χ4n) is 7.03. The van der Waals surface area contributed by atoms with Crippen LogP contribution in [0.5, 0.6) is 0 Å². The van der Waals surface area contributed by atoms with Crippen LogP contribution in [0.1, 0.15) is 155 Å². The summed E-state index contributed by atoms with van der Waals surface area (Å²) in [4.78, 5) is 61.6. The van der Waals surface area contributed by atoms with Gasteiger partial charge in [0.15, 0.2) is 12.3 Å². The van der Waals surface area contributed by atoms with Gasteiger partial charge >= 0.3 is 33.3 Å². The van der Waals surface area contributed by atoms with E-state index in [2.05, 4.69) is 42.2 Å². The highest BCUT2D eigenvalue weighted by Crippen LogP contribution is 2.60. The van der Waals surface area contributed by atoms with E-state index in [1.165, 1.54) is 38.2 Å². The Morgan fingerprint density at radius 3 is 2.16 bits per heavy atom. The van der Waals surface area contributed by atoms with Gasteiger partial charge in [-0.3, -0.25) is 23.2 Å². The molecule has 0 radical (unpaired) electrons. The first-order valence-electron chi connectivity index (χ1n) is 22.7. The number of allylic oxidation sites excluding steroid dienone is 1. The van der Waals surface area contributed by atoms with E-state index in [4.69, 9.17) is 33.7 Å². The first-order valence-corrected chi connectivity index (χ1v) is 25.7. The Labute approximate surface area is 371 Å². The number of nitrogens with zero attached hydrogens (tertiary/aromatic N) is 2. The van der Waals surface area contributed by atoms with Crippen LogP contribution < -0.4 is 11.4 Å². The summed E-state index contributed by atoms with van der Waals surface area (Å²) in [6, 6.07) is 1.24.